The summed E-state index contributed by atoms with van der Waals surface area (Å²) in [6.07, 6.45) is 2.34. The lowest BCUT2D eigenvalue weighted by Crippen LogP contribution is -2.18. The molecule has 0 fully saturated rings. The first-order valence-corrected chi connectivity index (χ1v) is 8.02. The van der Waals surface area contributed by atoms with Crippen LogP contribution in [-0.2, 0) is 19.5 Å². The molecule has 110 valence electrons. The number of anilines is 1. The Labute approximate surface area is 132 Å². The molecule has 0 amide bonds. The second-order valence-corrected chi connectivity index (χ2v) is 6.18. The van der Waals surface area contributed by atoms with E-state index in [1.165, 1.54) is 29.3 Å². The first-order chi connectivity index (χ1) is 10.2. The Morgan fingerprint density at radius 1 is 1.14 bits per heavy atom. The lowest BCUT2D eigenvalue weighted by atomic mass is 9.99. The van der Waals surface area contributed by atoms with Crippen LogP contribution in [0.4, 0.5) is 10.1 Å². The molecule has 21 heavy (non-hydrogen) atoms. The number of hydrogen-bond acceptors (Lipinski definition) is 2. The maximum atomic E-state index is 13.3. The molecular formula is C17H18BrFN2. The molecule has 0 bridgehead atoms. The van der Waals surface area contributed by atoms with E-state index < -0.39 is 0 Å². The predicted octanol–water partition coefficient (Wildman–Crippen LogP) is 4.24. The highest BCUT2D eigenvalue weighted by Gasteiger charge is 2.11. The van der Waals surface area contributed by atoms with Crippen LogP contribution in [0, 0.1) is 5.82 Å². The van der Waals surface area contributed by atoms with E-state index in [9.17, 15) is 4.39 Å². The Hall–Kier alpha value is -1.39. The van der Waals surface area contributed by atoms with E-state index in [1.807, 2.05) is 0 Å². The highest BCUT2D eigenvalue weighted by Crippen LogP contribution is 2.26. The molecule has 0 radical (unpaired) electrons. The molecule has 2 aromatic rings. The molecule has 3 rings (SSSR count). The van der Waals surface area contributed by atoms with Crippen molar-refractivity contribution in [3.05, 3.63) is 63.4 Å². The van der Waals surface area contributed by atoms with Crippen LogP contribution >= 0.6 is 15.9 Å². The number of nitrogens with one attached hydrogen (secondary N) is 2. The van der Waals surface area contributed by atoms with E-state index in [0.717, 1.165) is 29.5 Å². The lowest BCUT2D eigenvalue weighted by Gasteiger charge is -2.21. The Balaban J connectivity index is 1.67. The van der Waals surface area contributed by atoms with Gasteiger partial charge in [0.1, 0.15) is 5.82 Å². The fraction of sp³-hybridized carbons (Fsp3) is 0.294. The van der Waals surface area contributed by atoms with Gasteiger partial charge in [-0.1, -0.05) is 34.1 Å². The van der Waals surface area contributed by atoms with Crippen LogP contribution in [0.1, 0.15) is 23.1 Å². The number of rotatable bonds is 4. The van der Waals surface area contributed by atoms with Gasteiger partial charge in [-0.05, 0) is 47.7 Å². The van der Waals surface area contributed by atoms with Crippen molar-refractivity contribution in [1.29, 1.82) is 0 Å². The molecular weight excluding hydrogens is 331 g/mol. The Bertz CT molecular complexity index is 643. The zero-order chi connectivity index (χ0) is 14.7. The van der Waals surface area contributed by atoms with Gasteiger partial charge in [-0.15, -0.1) is 0 Å². The molecule has 0 saturated heterocycles. The third-order valence-electron chi connectivity index (χ3n) is 3.80. The van der Waals surface area contributed by atoms with Gasteiger partial charge in [0.05, 0.1) is 0 Å². The minimum Gasteiger partial charge on any atom is -0.385 e. The Kier molecular flexibility index (Phi) is 4.56. The van der Waals surface area contributed by atoms with E-state index in [4.69, 9.17) is 0 Å². The summed E-state index contributed by atoms with van der Waals surface area (Å²) < 4.78 is 14.2. The predicted molar refractivity (Wildman–Crippen MR) is 87.9 cm³/mol. The van der Waals surface area contributed by atoms with Gasteiger partial charge in [0.15, 0.2) is 0 Å². The minimum absolute atomic E-state index is 0.200. The van der Waals surface area contributed by atoms with Crippen molar-refractivity contribution in [2.75, 3.05) is 11.9 Å². The highest BCUT2D eigenvalue weighted by atomic mass is 79.9. The summed E-state index contributed by atoms with van der Waals surface area (Å²) in [6.45, 7) is 2.46. The van der Waals surface area contributed by atoms with Crippen molar-refractivity contribution in [3.63, 3.8) is 0 Å². The molecule has 0 spiro atoms. The highest BCUT2D eigenvalue weighted by molar-refractivity contribution is 9.10. The van der Waals surface area contributed by atoms with Crippen molar-refractivity contribution in [2.45, 2.75) is 25.9 Å². The molecule has 0 unspecified atom stereocenters. The number of fused-ring (bicyclic) bond motifs is 1. The summed E-state index contributed by atoms with van der Waals surface area (Å²) in [5, 5.41) is 6.89. The second kappa shape index (κ2) is 6.58. The van der Waals surface area contributed by atoms with Crippen molar-refractivity contribution >= 4 is 21.6 Å². The minimum atomic E-state index is -0.200. The quantitative estimate of drug-likeness (QED) is 0.863. The van der Waals surface area contributed by atoms with Crippen LogP contribution in [0.3, 0.4) is 0 Å². The molecule has 0 saturated carbocycles. The third-order valence-corrected chi connectivity index (χ3v) is 4.57. The summed E-state index contributed by atoms with van der Waals surface area (Å²) >= 11 is 3.46. The van der Waals surface area contributed by atoms with E-state index in [0.29, 0.717) is 6.54 Å². The first kappa shape index (κ1) is 14.5. The molecule has 0 atom stereocenters. The molecule has 0 aliphatic carbocycles. The SMILES string of the molecule is Fc1ccc(Br)c(CNCc2cccc3c2NCCC3)c1. The van der Waals surface area contributed by atoms with Crippen LogP contribution in [-0.4, -0.2) is 6.54 Å². The van der Waals surface area contributed by atoms with Crippen molar-refractivity contribution in [2.24, 2.45) is 0 Å². The normalized spacial score (nSPS) is 13.6. The zero-order valence-electron chi connectivity index (χ0n) is 11.8. The van der Waals surface area contributed by atoms with Crippen LogP contribution in [0.5, 0.6) is 0 Å². The van der Waals surface area contributed by atoms with Gasteiger partial charge in [-0.2, -0.15) is 0 Å². The van der Waals surface area contributed by atoms with Crippen molar-refractivity contribution < 1.29 is 4.39 Å². The van der Waals surface area contributed by atoms with Gasteiger partial charge in [-0.3, -0.25) is 0 Å². The number of benzene rings is 2. The van der Waals surface area contributed by atoms with Crippen molar-refractivity contribution in [3.8, 4) is 0 Å². The van der Waals surface area contributed by atoms with Crippen LogP contribution in [0.2, 0.25) is 0 Å². The molecule has 1 heterocycles. The van der Waals surface area contributed by atoms with Crippen LogP contribution < -0.4 is 10.6 Å². The van der Waals surface area contributed by atoms with Gasteiger partial charge in [-0.25, -0.2) is 4.39 Å². The van der Waals surface area contributed by atoms with Gasteiger partial charge in [0.2, 0.25) is 0 Å². The number of halogens is 2. The largest absolute Gasteiger partial charge is 0.385 e. The fourth-order valence-corrected chi connectivity index (χ4v) is 3.13. The second-order valence-electron chi connectivity index (χ2n) is 5.32. The smallest absolute Gasteiger partial charge is 0.123 e. The molecule has 1 aliphatic heterocycles. The van der Waals surface area contributed by atoms with Gasteiger partial charge < -0.3 is 10.6 Å². The average Bonchev–Trinajstić information content (AvgIpc) is 2.51. The number of aryl methyl sites for hydroxylation is 1. The first-order valence-electron chi connectivity index (χ1n) is 7.23. The molecule has 2 nitrogen and oxygen atoms in total. The zero-order valence-corrected chi connectivity index (χ0v) is 13.3. The molecule has 4 heteroatoms. The molecule has 2 N–H and O–H groups in total. The molecule has 1 aliphatic rings. The van der Waals surface area contributed by atoms with Crippen LogP contribution in [0.15, 0.2) is 40.9 Å². The number of hydrogen-bond donors (Lipinski definition) is 2. The maximum Gasteiger partial charge on any atom is 0.123 e. The van der Waals surface area contributed by atoms with E-state index in [-0.39, 0.29) is 5.82 Å². The van der Waals surface area contributed by atoms with Gasteiger partial charge in [0, 0.05) is 29.8 Å². The Morgan fingerprint density at radius 3 is 2.90 bits per heavy atom. The Morgan fingerprint density at radius 2 is 2.00 bits per heavy atom. The molecule has 0 aromatic heterocycles. The summed E-state index contributed by atoms with van der Waals surface area (Å²) in [4.78, 5) is 0. The van der Waals surface area contributed by atoms with E-state index in [2.05, 4.69) is 44.8 Å². The average molecular weight is 349 g/mol. The van der Waals surface area contributed by atoms with E-state index >= 15 is 0 Å². The third kappa shape index (κ3) is 3.44. The standard InChI is InChI=1S/C17H18BrFN2/c18-16-7-6-15(19)9-14(16)11-20-10-13-4-1-3-12-5-2-8-21-17(12)13/h1,3-4,6-7,9,20-21H,2,5,8,10-11H2. The topological polar surface area (TPSA) is 24.1 Å². The monoisotopic (exact) mass is 348 g/mol. The summed E-state index contributed by atoms with van der Waals surface area (Å²) in [7, 11) is 0. The lowest BCUT2D eigenvalue weighted by molar-refractivity contribution is 0.619. The maximum absolute atomic E-state index is 13.3. The fourth-order valence-electron chi connectivity index (χ4n) is 2.74. The van der Waals surface area contributed by atoms with Gasteiger partial charge in [0.25, 0.3) is 0 Å². The van der Waals surface area contributed by atoms with Crippen LogP contribution in [0.25, 0.3) is 0 Å². The number of para-hydroxylation sites is 1. The summed E-state index contributed by atoms with van der Waals surface area (Å²) in [5.74, 6) is -0.200. The summed E-state index contributed by atoms with van der Waals surface area (Å²) in [5.41, 5.74) is 4.88. The van der Waals surface area contributed by atoms with Crippen molar-refractivity contribution in [1.82, 2.24) is 5.32 Å². The summed E-state index contributed by atoms with van der Waals surface area (Å²) in [6, 6.07) is 11.2. The van der Waals surface area contributed by atoms with E-state index in [1.54, 1.807) is 12.1 Å². The molecule has 2 aromatic carbocycles. The van der Waals surface area contributed by atoms with Gasteiger partial charge >= 0.3 is 0 Å².